The van der Waals surface area contributed by atoms with Crippen molar-refractivity contribution < 1.29 is 19.4 Å². The Labute approximate surface area is 116 Å². The molecule has 2 N–H and O–H groups in total. The van der Waals surface area contributed by atoms with Crippen molar-refractivity contribution in [2.24, 2.45) is 5.92 Å². The molecule has 2 fully saturated rings. The predicted molar refractivity (Wildman–Crippen MR) is 72.4 cm³/mol. The van der Waals surface area contributed by atoms with Crippen LogP contribution in [0.2, 0.25) is 0 Å². The number of carboxylic acid groups (broad SMARTS) is 1. The Morgan fingerprint density at radius 2 is 2.16 bits per heavy atom. The van der Waals surface area contributed by atoms with E-state index >= 15 is 0 Å². The summed E-state index contributed by atoms with van der Waals surface area (Å²) in [4.78, 5) is 24.9. The van der Waals surface area contributed by atoms with E-state index in [0.717, 1.165) is 5.75 Å². The lowest BCUT2D eigenvalue weighted by Gasteiger charge is -2.38. The smallest absolute Gasteiger partial charge is 0.317 e. The van der Waals surface area contributed by atoms with Crippen LogP contribution in [0.4, 0.5) is 4.79 Å². The normalized spacial score (nSPS) is 30.1. The number of thioether (sulfide) groups is 1. The van der Waals surface area contributed by atoms with Crippen LogP contribution in [0.15, 0.2) is 0 Å². The second-order valence-corrected chi connectivity index (χ2v) is 7.37. The molecule has 108 valence electrons. The third-order valence-electron chi connectivity index (χ3n) is 3.42. The van der Waals surface area contributed by atoms with Crippen LogP contribution in [-0.4, -0.2) is 64.9 Å². The summed E-state index contributed by atoms with van der Waals surface area (Å²) < 4.78 is 5.19. The van der Waals surface area contributed by atoms with Gasteiger partial charge in [0.2, 0.25) is 0 Å². The number of carbonyl (C=O) groups excluding carboxylic acids is 1. The number of ether oxygens (including phenoxy) is 1. The van der Waals surface area contributed by atoms with Crippen LogP contribution >= 0.6 is 11.8 Å². The Balaban J connectivity index is 1.92. The van der Waals surface area contributed by atoms with Gasteiger partial charge in [0.15, 0.2) is 0 Å². The highest BCUT2D eigenvalue weighted by Gasteiger charge is 2.37. The van der Waals surface area contributed by atoms with Crippen molar-refractivity contribution >= 4 is 23.8 Å². The lowest BCUT2D eigenvalue weighted by atomic mass is 10.0. The van der Waals surface area contributed by atoms with Gasteiger partial charge < -0.3 is 20.1 Å². The topological polar surface area (TPSA) is 78.9 Å². The minimum absolute atomic E-state index is 0.0496. The number of carbonyl (C=O) groups is 2. The Bertz CT molecular complexity index is 375. The molecule has 2 saturated heterocycles. The largest absolute Gasteiger partial charge is 0.481 e. The average molecular weight is 288 g/mol. The van der Waals surface area contributed by atoms with Crippen molar-refractivity contribution in [2.45, 2.75) is 24.6 Å². The summed E-state index contributed by atoms with van der Waals surface area (Å²) in [6, 6.07) is -0.613. The highest BCUT2D eigenvalue weighted by Crippen LogP contribution is 2.29. The van der Waals surface area contributed by atoms with Crippen molar-refractivity contribution in [1.82, 2.24) is 10.2 Å². The number of rotatable bonds is 2. The molecule has 2 unspecified atom stereocenters. The molecule has 0 aromatic carbocycles. The summed E-state index contributed by atoms with van der Waals surface area (Å²) >= 11 is 1.85. The maximum Gasteiger partial charge on any atom is 0.317 e. The summed E-state index contributed by atoms with van der Waals surface area (Å²) in [7, 11) is 0. The van der Waals surface area contributed by atoms with Crippen molar-refractivity contribution in [2.75, 3.05) is 32.1 Å². The molecule has 2 atom stereocenters. The van der Waals surface area contributed by atoms with E-state index < -0.39 is 17.9 Å². The van der Waals surface area contributed by atoms with Gasteiger partial charge in [-0.2, -0.15) is 11.8 Å². The predicted octanol–water partition coefficient (Wildman–Crippen LogP) is 0.623. The molecule has 0 radical (unpaired) electrons. The van der Waals surface area contributed by atoms with Gasteiger partial charge in [0.1, 0.15) is 5.92 Å². The molecule has 6 nitrogen and oxygen atoms in total. The Kier molecular flexibility index (Phi) is 4.25. The number of hydrogen-bond donors (Lipinski definition) is 2. The summed E-state index contributed by atoms with van der Waals surface area (Å²) in [6.07, 6.45) is 0. The Hall–Kier alpha value is -0.950. The van der Waals surface area contributed by atoms with Gasteiger partial charge in [-0.1, -0.05) is 0 Å². The van der Waals surface area contributed by atoms with Gasteiger partial charge in [-0.15, -0.1) is 0 Å². The number of hydrogen-bond acceptors (Lipinski definition) is 4. The van der Waals surface area contributed by atoms with Gasteiger partial charge in [0.05, 0.1) is 19.3 Å². The fraction of sp³-hybridized carbons (Fsp3) is 0.833. The molecule has 19 heavy (non-hydrogen) atoms. The Morgan fingerprint density at radius 1 is 1.42 bits per heavy atom. The fourth-order valence-corrected chi connectivity index (χ4v) is 3.49. The molecular formula is C12H20N2O4S. The minimum atomic E-state index is -0.919. The van der Waals surface area contributed by atoms with Gasteiger partial charge >= 0.3 is 12.0 Å². The number of nitrogens with zero attached hydrogens (tertiary/aromatic N) is 1. The first-order chi connectivity index (χ1) is 8.89. The fourth-order valence-electron chi connectivity index (χ4n) is 2.38. The van der Waals surface area contributed by atoms with E-state index in [0.29, 0.717) is 13.1 Å². The highest BCUT2D eigenvalue weighted by molar-refractivity contribution is 8.00. The highest BCUT2D eigenvalue weighted by atomic mass is 32.2. The van der Waals surface area contributed by atoms with Gasteiger partial charge in [0.25, 0.3) is 0 Å². The zero-order valence-electron chi connectivity index (χ0n) is 11.2. The second-order valence-electron chi connectivity index (χ2n) is 5.57. The van der Waals surface area contributed by atoms with Gasteiger partial charge in [-0.25, -0.2) is 4.79 Å². The van der Waals surface area contributed by atoms with E-state index in [-0.39, 0.29) is 24.0 Å². The monoisotopic (exact) mass is 288 g/mol. The third kappa shape index (κ3) is 3.54. The van der Waals surface area contributed by atoms with Crippen LogP contribution in [0.1, 0.15) is 13.8 Å². The third-order valence-corrected chi connectivity index (χ3v) is 4.72. The van der Waals surface area contributed by atoms with Crippen molar-refractivity contribution in [1.29, 1.82) is 0 Å². The molecule has 7 heteroatoms. The van der Waals surface area contributed by atoms with E-state index in [9.17, 15) is 9.59 Å². The van der Waals surface area contributed by atoms with Crippen LogP contribution < -0.4 is 5.32 Å². The average Bonchev–Trinajstić information content (AvgIpc) is 2.75. The molecule has 0 spiro atoms. The van der Waals surface area contributed by atoms with Crippen LogP contribution in [0, 0.1) is 5.92 Å². The lowest BCUT2D eigenvalue weighted by molar-refractivity contribution is -0.142. The van der Waals surface area contributed by atoms with E-state index in [4.69, 9.17) is 9.84 Å². The van der Waals surface area contributed by atoms with Crippen molar-refractivity contribution in [3.8, 4) is 0 Å². The summed E-state index contributed by atoms with van der Waals surface area (Å²) in [5, 5.41) is 11.8. The van der Waals surface area contributed by atoms with E-state index in [2.05, 4.69) is 19.2 Å². The van der Waals surface area contributed by atoms with Crippen molar-refractivity contribution in [3.63, 3.8) is 0 Å². The molecule has 2 rings (SSSR count). The lowest BCUT2D eigenvalue weighted by Crippen LogP contribution is -2.54. The molecule has 2 amide bonds. The molecule has 0 aromatic heterocycles. The number of amides is 2. The number of aliphatic carboxylic acids is 1. The number of carboxylic acids is 1. The zero-order valence-corrected chi connectivity index (χ0v) is 12.0. The summed E-state index contributed by atoms with van der Waals surface area (Å²) in [6.45, 7) is 6.03. The van der Waals surface area contributed by atoms with Crippen LogP contribution in [0.5, 0.6) is 0 Å². The molecule has 2 aliphatic rings. The molecule has 0 aromatic rings. The number of nitrogens with one attached hydrogen (secondary N) is 1. The Morgan fingerprint density at radius 3 is 2.79 bits per heavy atom. The molecule has 2 heterocycles. The minimum Gasteiger partial charge on any atom is -0.481 e. The maximum absolute atomic E-state index is 12.2. The first-order valence-corrected chi connectivity index (χ1v) is 7.37. The maximum atomic E-state index is 12.2. The molecule has 0 aliphatic carbocycles. The van der Waals surface area contributed by atoms with E-state index in [1.54, 1.807) is 4.90 Å². The molecule has 0 saturated carbocycles. The van der Waals surface area contributed by atoms with E-state index in [1.807, 2.05) is 11.8 Å². The molecule has 2 aliphatic heterocycles. The quantitative estimate of drug-likeness (QED) is 0.779. The first kappa shape index (κ1) is 14.5. The number of urea groups is 1. The summed E-state index contributed by atoms with van der Waals surface area (Å²) in [5.74, 6) is -0.655. The van der Waals surface area contributed by atoms with Gasteiger partial charge in [-0.05, 0) is 13.8 Å². The van der Waals surface area contributed by atoms with Gasteiger partial charge in [0, 0.05) is 23.6 Å². The second kappa shape index (κ2) is 5.58. The molecular weight excluding hydrogens is 268 g/mol. The van der Waals surface area contributed by atoms with Crippen LogP contribution in [0.25, 0.3) is 0 Å². The first-order valence-electron chi connectivity index (χ1n) is 6.39. The van der Waals surface area contributed by atoms with Gasteiger partial charge in [-0.3, -0.25) is 4.79 Å². The standard InChI is InChI=1S/C12H20N2O4S/c1-12(2)7-14(3-4-19-12)11(17)13-9-6-18-5-8(9)10(15)16/h8-9H,3-7H2,1-2H3,(H,13,17)(H,15,16). The van der Waals surface area contributed by atoms with Crippen LogP contribution in [0.3, 0.4) is 0 Å². The van der Waals surface area contributed by atoms with Crippen LogP contribution in [-0.2, 0) is 9.53 Å². The zero-order chi connectivity index (χ0) is 14.0. The SMILES string of the molecule is CC1(C)CN(C(=O)NC2COCC2C(=O)O)CCS1. The van der Waals surface area contributed by atoms with E-state index in [1.165, 1.54) is 0 Å². The van der Waals surface area contributed by atoms with Crippen molar-refractivity contribution in [3.05, 3.63) is 0 Å². The molecule has 0 bridgehead atoms. The summed E-state index contributed by atoms with van der Waals surface area (Å²) in [5.41, 5.74) is 0.